The van der Waals surface area contributed by atoms with E-state index in [1.807, 2.05) is 32.0 Å². The third kappa shape index (κ3) is 3.18. The molecule has 0 amide bonds. The number of aromatic nitrogens is 1. The van der Waals surface area contributed by atoms with E-state index in [1.54, 1.807) is 24.6 Å². The number of hydrogen-bond acceptors (Lipinski definition) is 1. The zero-order chi connectivity index (χ0) is 19.9. The summed E-state index contributed by atoms with van der Waals surface area (Å²) in [5, 5.41) is 0. The molecule has 27 heavy (non-hydrogen) atoms. The molecule has 3 rings (SSSR count). The highest BCUT2D eigenvalue weighted by Gasteiger charge is 2.23. The van der Waals surface area contributed by atoms with Gasteiger partial charge in [0.15, 0.2) is 5.43 Å². The van der Waals surface area contributed by atoms with Gasteiger partial charge < -0.3 is 4.57 Å². The van der Waals surface area contributed by atoms with Crippen LogP contribution in [0.1, 0.15) is 29.2 Å². The predicted molar refractivity (Wildman–Crippen MR) is 101 cm³/mol. The van der Waals surface area contributed by atoms with Crippen molar-refractivity contribution in [3.63, 3.8) is 0 Å². The topological polar surface area (TPSA) is 22.0 Å². The van der Waals surface area contributed by atoms with Crippen LogP contribution in [0.4, 0.5) is 13.2 Å². The molecule has 0 N–H and O–H groups in total. The van der Waals surface area contributed by atoms with Crippen molar-refractivity contribution in [2.75, 3.05) is 0 Å². The van der Waals surface area contributed by atoms with Crippen LogP contribution in [0.3, 0.4) is 0 Å². The van der Waals surface area contributed by atoms with E-state index in [0.717, 1.165) is 11.1 Å². The van der Waals surface area contributed by atoms with Crippen molar-refractivity contribution >= 4 is 0 Å². The lowest BCUT2D eigenvalue weighted by Crippen LogP contribution is -2.20. The summed E-state index contributed by atoms with van der Waals surface area (Å²) in [5.74, 6) is -3.08. The van der Waals surface area contributed by atoms with Crippen LogP contribution in [-0.2, 0) is 6.42 Å². The minimum absolute atomic E-state index is 0.122. The first kappa shape index (κ1) is 19.0. The van der Waals surface area contributed by atoms with E-state index in [-0.39, 0.29) is 17.5 Å². The molecule has 5 heteroatoms. The van der Waals surface area contributed by atoms with Crippen molar-refractivity contribution in [1.29, 1.82) is 0 Å². The van der Waals surface area contributed by atoms with Gasteiger partial charge in [-0.1, -0.05) is 19.1 Å². The molecule has 1 heterocycles. The highest BCUT2D eigenvalue weighted by atomic mass is 19.1. The van der Waals surface area contributed by atoms with Gasteiger partial charge in [-0.2, -0.15) is 0 Å². The Bertz CT molecular complexity index is 1080. The fourth-order valence-corrected chi connectivity index (χ4v) is 3.36. The maximum Gasteiger partial charge on any atom is 0.188 e. The van der Waals surface area contributed by atoms with Crippen LogP contribution in [-0.4, -0.2) is 4.57 Å². The van der Waals surface area contributed by atoms with Gasteiger partial charge in [-0.05, 0) is 44.4 Å². The van der Waals surface area contributed by atoms with E-state index in [2.05, 4.69) is 0 Å². The zero-order valence-electron chi connectivity index (χ0n) is 15.7. The molecule has 2 aromatic carbocycles. The number of rotatable bonds is 3. The Kier molecular flexibility index (Phi) is 4.96. The average molecular weight is 371 g/mol. The van der Waals surface area contributed by atoms with Gasteiger partial charge in [-0.3, -0.25) is 4.79 Å². The van der Waals surface area contributed by atoms with Crippen LogP contribution in [0.5, 0.6) is 0 Å². The molecule has 0 bridgehead atoms. The lowest BCUT2D eigenvalue weighted by molar-refractivity contribution is 0.546. The molecule has 1 aromatic heterocycles. The second-order valence-electron chi connectivity index (χ2n) is 6.66. The summed E-state index contributed by atoms with van der Waals surface area (Å²) in [7, 11) is 0. The van der Waals surface area contributed by atoms with Gasteiger partial charge in [-0.15, -0.1) is 0 Å². The molecule has 0 aliphatic heterocycles. The van der Waals surface area contributed by atoms with E-state index in [9.17, 15) is 18.0 Å². The van der Waals surface area contributed by atoms with Crippen LogP contribution in [0, 0.1) is 38.2 Å². The van der Waals surface area contributed by atoms with E-state index in [4.69, 9.17) is 0 Å². The van der Waals surface area contributed by atoms with Crippen LogP contribution in [0.2, 0.25) is 0 Å². The summed E-state index contributed by atoms with van der Waals surface area (Å²) in [6.07, 6.45) is 1.87. The van der Waals surface area contributed by atoms with Gasteiger partial charge in [0.25, 0.3) is 0 Å². The third-order valence-electron chi connectivity index (χ3n) is 4.91. The maximum atomic E-state index is 14.6. The Hall–Kier alpha value is -2.82. The van der Waals surface area contributed by atoms with Crippen molar-refractivity contribution in [2.24, 2.45) is 0 Å². The molecule has 0 saturated carbocycles. The van der Waals surface area contributed by atoms with E-state index >= 15 is 0 Å². The van der Waals surface area contributed by atoms with Gasteiger partial charge in [0, 0.05) is 35.1 Å². The van der Waals surface area contributed by atoms with Crippen molar-refractivity contribution in [3.8, 4) is 16.9 Å². The monoisotopic (exact) mass is 371 g/mol. The van der Waals surface area contributed by atoms with Crippen molar-refractivity contribution in [1.82, 2.24) is 4.57 Å². The van der Waals surface area contributed by atoms with Gasteiger partial charge in [0.2, 0.25) is 0 Å². The Balaban J connectivity index is 2.52. The molecule has 3 aromatic rings. The second-order valence-corrected chi connectivity index (χ2v) is 6.66. The lowest BCUT2D eigenvalue weighted by Gasteiger charge is -2.21. The molecule has 0 aliphatic rings. The van der Waals surface area contributed by atoms with E-state index in [0.29, 0.717) is 28.9 Å². The van der Waals surface area contributed by atoms with Crippen molar-refractivity contribution in [3.05, 3.63) is 86.5 Å². The molecule has 140 valence electrons. The van der Waals surface area contributed by atoms with Crippen LogP contribution >= 0.6 is 0 Å². The normalized spacial score (nSPS) is 11.1. The lowest BCUT2D eigenvalue weighted by atomic mass is 9.98. The summed E-state index contributed by atoms with van der Waals surface area (Å²) in [6.45, 7) is 7.27. The standard InChI is InChI=1S/C22H20F3NO/c1-5-16-21(20-17(24)9-15(23)10-18(20)25)26(11-13(3)22(16)27)19-8-6-7-12(2)14(19)4/h6-11H,5H2,1-4H3. The van der Waals surface area contributed by atoms with Gasteiger partial charge in [-0.25, -0.2) is 13.2 Å². The predicted octanol–water partition coefficient (Wildman–Crippen LogP) is 5.41. The highest BCUT2D eigenvalue weighted by Crippen LogP contribution is 2.32. The van der Waals surface area contributed by atoms with Crippen LogP contribution in [0.25, 0.3) is 16.9 Å². The SMILES string of the molecule is CCc1c(-c2c(F)cc(F)cc2F)n(-c2cccc(C)c2C)cc(C)c1=O. The largest absolute Gasteiger partial charge is 0.315 e. The smallest absolute Gasteiger partial charge is 0.188 e. The first-order valence-corrected chi connectivity index (χ1v) is 8.72. The van der Waals surface area contributed by atoms with Crippen molar-refractivity contribution in [2.45, 2.75) is 34.1 Å². The molecule has 0 saturated heterocycles. The number of nitrogens with zero attached hydrogens (tertiary/aromatic N) is 1. The minimum atomic E-state index is -1.04. The quantitative estimate of drug-likeness (QED) is 0.603. The zero-order valence-corrected chi connectivity index (χ0v) is 15.7. The van der Waals surface area contributed by atoms with Crippen LogP contribution < -0.4 is 5.43 Å². The molecule has 0 unspecified atom stereocenters. The summed E-state index contributed by atoms with van der Waals surface area (Å²) < 4.78 is 44.3. The number of halogens is 3. The number of pyridine rings is 1. The fraction of sp³-hybridized carbons (Fsp3) is 0.227. The maximum absolute atomic E-state index is 14.6. The Morgan fingerprint density at radius 1 is 0.963 bits per heavy atom. The average Bonchev–Trinajstić information content (AvgIpc) is 2.60. The van der Waals surface area contributed by atoms with Gasteiger partial charge in [0.05, 0.1) is 11.3 Å². The second kappa shape index (κ2) is 7.06. The summed E-state index contributed by atoms with van der Waals surface area (Å²) in [4.78, 5) is 12.7. The van der Waals surface area contributed by atoms with Gasteiger partial charge in [0.1, 0.15) is 17.5 Å². The molecular weight excluding hydrogens is 351 g/mol. The molecule has 0 aliphatic carbocycles. The first-order chi connectivity index (χ1) is 12.8. The van der Waals surface area contributed by atoms with Crippen LogP contribution in [0.15, 0.2) is 41.3 Å². The van der Waals surface area contributed by atoms with E-state index in [1.165, 1.54) is 0 Å². The third-order valence-corrected chi connectivity index (χ3v) is 4.91. The molecule has 0 spiro atoms. The first-order valence-electron chi connectivity index (χ1n) is 8.72. The molecule has 2 nitrogen and oxygen atoms in total. The Labute approximate surface area is 155 Å². The molecule has 0 radical (unpaired) electrons. The minimum Gasteiger partial charge on any atom is -0.315 e. The summed E-state index contributed by atoms with van der Waals surface area (Å²) in [6, 6.07) is 6.88. The number of benzene rings is 2. The summed E-state index contributed by atoms with van der Waals surface area (Å²) in [5.41, 5.74) is 2.87. The molecule has 0 fully saturated rings. The molecular formula is C22H20F3NO. The van der Waals surface area contributed by atoms with Gasteiger partial charge >= 0.3 is 0 Å². The number of aryl methyl sites for hydroxylation is 2. The highest BCUT2D eigenvalue weighted by molar-refractivity contribution is 5.69. The van der Waals surface area contributed by atoms with Crippen molar-refractivity contribution < 1.29 is 13.2 Å². The Morgan fingerprint density at radius 2 is 1.59 bits per heavy atom. The van der Waals surface area contributed by atoms with E-state index < -0.39 is 23.0 Å². The molecule has 0 atom stereocenters. The Morgan fingerprint density at radius 3 is 2.19 bits per heavy atom. The number of hydrogen-bond donors (Lipinski definition) is 0. The summed E-state index contributed by atoms with van der Waals surface area (Å²) >= 11 is 0. The fourth-order valence-electron chi connectivity index (χ4n) is 3.36.